The van der Waals surface area contributed by atoms with Gasteiger partial charge in [0.25, 0.3) is 5.91 Å². The molecule has 0 saturated carbocycles. The van der Waals surface area contributed by atoms with Crippen molar-refractivity contribution in [1.82, 2.24) is 14.6 Å². The van der Waals surface area contributed by atoms with Crippen molar-refractivity contribution in [3.05, 3.63) is 59.4 Å². The molecule has 0 radical (unpaired) electrons. The molecule has 3 rings (SSSR count). The van der Waals surface area contributed by atoms with Crippen molar-refractivity contribution < 1.29 is 13.6 Å². The van der Waals surface area contributed by atoms with Crippen LogP contribution in [0.15, 0.2) is 36.7 Å². The van der Waals surface area contributed by atoms with Crippen LogP contribution in [0.4, 0.5) is 14.6 Å². The number of nitrogens with zero attached hydrogens (tertiary/aromatic N) is 3. The van der Waals surface area contributed by atoms with Gasteiger partial charge in [-0.15, -0.1) is 0 Å². The van der Waals surface area contributed by atoms with Gasteiger partial charge in [0.05, 0.1) is 6.20 Å². The Bertz CT molecular complexity index is 841. The molecule has 0 unspecified atom stereocenters. The topological polar surface area (TPSA) is 85.3 Å². The smallest absolute Gasteiger partial charge is 0.254 e. The lowest BCUT2D eigenvalue weighted by molar-refractivity contribution is 0.100. The van der Waals surface area contributed by atoms with Crippen molar-refractivity contribution in [3.63, 3.8) is 0 Å². The van der Waals surface area contributed by atoms with Crippen molar-refractivity contribution in [1.29, 1.82) is 0 Å². The summed E-state index contributed by atoms with van der Waals surface area (Å²) in [5, 5.41) is 6.87. The minimum Gasteiger partial charge on any atom is -0.366 e. The third-order valence-corrected chi connectivity index (χ3v) is 3.03. The number of primary amides is 1. The maximum Gasteiger partial charge on any atom is 0.254 e. The van der Waals surface area contributed by atoms with Gasteiger partial charge in [-0.3, -0.25) is 4.79 Å². The molecule has 0 bridgehead atoms. The van der Waals surface area contributed by atoms with E-state index in [1.54, 1.807) is 12.3 Å². The lowest BCUT2D eigenvalue weighted by atomic mass is 10.2. The van der Waals surface area contributed by atoms with E-state index in [0.717, 1.165) is 6.07 Å². The van der Waals surface area contributed by atoms with Crippen molar-refractivity contribution >= 4 is 17.4 Å². The van der Waals surface area contributed by atoms with Crippen LogP contribution in [0.2, 0.25) is 0 Å². The molecule has 2 heterocycles. The molecule has 2 aromatic heterocycles. The number of benzene rings is 1. The number of amides is 1. The highest BCUT2D eigenvalue weighted by atomic mass is 19.1. The average Bonchev–Trinajstić information content (AvgIpc) is 2.87. The highest BCUT2D eigenvalue weighted by Gasteiger charge is 2.11. The van der Waals surface area contributed by atoms with Crippen molar-refractivity contribution in [2.75, 3.05) is 5.32 Å². The van der Waals surface area contributed by atoms with E-state index in [0.29, 0.717) is 17.0 Å². The van der Waals surface area contributed by atoms with Crippen LogP contribution in [0.1, 0.15) is 15.9 Å². The maximum atomic E-state index is 13.1. The van der Waals surface area contributed by atoms with E-state index < -0.39 is 17.5 Å². The van der Waals surface area contributed by atoms with E-state index in [1.807, 2.05) is 0 Å². The minimum atomic E-state index is -0.646. The first-order valence-corrected chi connectivity index (χ1v) is 6.36. The van der Waals surface area contributed by atoms with Gasteiger partial charge in [0.15, 0.2) is 5.65 Å². The second kappa shape index (κ2) is 5.40. The Morgan fingerprint density at radius 3 is 2.68 bits per heavy atom. The molecule has 1 aromatic carbocycles. The highest BCUT2D eigenvalue weighted by molar-refractivity contribution is 5.98. The number of hydrogen-bond donors (Lipinski definition) is 2. The third-order valence-electron chi connectivity index (χ3n) is 3.03. The molecule has 8 heteroatoms. The first-order chi connectivity index (χ1) is 10.5. The van der Waals surface area contributed by atoms with E-state index in [-0.39, 0.29) is 12.1 Å². The lowest BCUT2D eigenvalue weighted by Gasteiger charge is -2.07. The number of fused-ring (bicyclic) bond motifs is 1. The van der Waals surface area contributed by atoms with Crippen LogP contribution in [0.25, 0.3) is 5.65 Å². The molecule has 0 spiro atoms. The fourth-order valence-electron chi connectivity index (χ4n) is 2.05. The highest BCUT2D eigenvalue weighted by Crippen LogP contribution is 2.13. The van der Waals surface area contributed by atoms with Gasteiger partial charge < -0.3 is 11.1 Å². The monoisotopic (exact) mass is 303 g/mol. The Morgan fingerprint density at radius 2 is 2.00 bits per heavy atom. The van der Waals surface area contributed by atoms with Crippen LogP contribution in [0.5, 0.6) is 0 Å². The fraction of sp³-hybridized carbons (Fsp3) is 0.0714. The zero-order chi connectivity index (χ0) is 15.7. The molecule has 0 aliphatic rings. The summed E-state index contributed by atoms with van der Waals surface area (Å²) in [7, 11) is 0. The Labute approximate surface area is 123 Å². The number of nitrogens with one attached hydrogen (secondary N) is 1. The number of rotatable bonds is 4. The number of carbonyl (C=O) groups is 1. The Morgan fingerprint density at radius 1 is 1.27 bits per heavy atom. The van der Waals surface area contributed by atoms with E-state index >= 15 is 0 Å². The first-order valence-electron chi connectivity index (χ1n) is 6.36. The van der Waals surface area contributed by atoms with Gasteiger partial charge in [0.1, 0.15) is 23.0 Å². The van der Waals surface area contributed by atoms with Crippen LogP contribution in [-0.4, -0.2) is 20.5 Å². The van der Waals surface area contributed by atoms with E-state index in [1.165, 1.54) is 22.8 Å². The molecular weight excluding hydrogens is 292 g/mol. The molecule has 22 heavy (non-hydrogen) atoms. The Kier molecular flexibility index (Phi) is 3.42. The molecule has 3 aromatic rings. The Hall–Kier alpha value is -3.03. The van der Waals surface area contributed by atoms with Crippen LogP contribution in [0.3, 0.4) is 0 Å². The Balaban J connectivity index is 1.84. The summed E-state index contributed by atoms with van der Waals surface area (Å²) in [6.45, 7) is 0.178. The standard InChI is InChI=1S/C14H11F2N5O/c15-9-3-8(4-10(16)5-9)6-18-12-1-2-21-14(20-12)11(7-19-21)13(17)22/h1-5,7H,6H2,(H2,17,22)(H,18,20). The van der Waals surface area contributed by atoms with Gasteiger partial charge in [-0.2, -0.15) is 5.10 Å². The molecule has 3 N–H and O–H groups in total. The largest absolute Gasteiger partial charge is 0.366 e. The number of carbonyl (C=O) groups excluding carboxylic acids is 1. The van der Waals surface area contributed by atoms with Gasteiger partial charge in [0, 0.05) is 18.8 Å². The molecule has 0 fully saturated rings. The normalized spacial score (nSPS) is 10.8. The number of aromatic nitrogens is 3. The SMILES string of the molecule is NC(=O)c1cnn2ccc(NCc3cc(F)cc(F)c3)nc12. The van der Waals surface area contributed by atoms with Gasteiger partial charge in [0.2, 0.25) is 0 Å². The van der Waals surface area contributed by atoms with Crippen molar-refractivity contribution in [3.8, 4) is 0 Å². The van der Waals surface area contributed by atoms with Gasteiger partial charge in [-0.1, -0.05) is 0 Å². The summed E-state index contributed by atoms with van der Waals surface area (Å²) in [5.74, 6) is -1.49. The summed E-state index contributed by atoms with van der Waals surface area (Å²) in [6.07, 6.45) is 2.93. The molecule has 0 atom stereocenters. The predicted molar refractivity (Wildman–Crippen MR) is 75.2 cm³/mol. The fourth-order valence-corrected chi connectivity index (χ4v) is 2.05. The molecule has 0 aliphatic heterocycles. The quantitative estimate of drug-likeness (QED) is 0.768. The van der Waals surface area contributed by atoms with Crippen LogP contribution in [-0.2, 0) is 6.54 Å². The van der Waals surface area contributed by atoms with Crippen LogP contribution >= 0.6 is 0 Å². The predicted octanol–water partition coefficient (Wildman–Crippen LogP) is 1.72. The number of anilines is 1. The van der Waals surface area contributed by atoms with Crippen molar-refractivity contribution in [2.24, 2.45) is 5.73 Å². The van der Waals surface area contributed by atoms with Crippen LogP contribution < -0.4 is 11.1 Å². The lowest BCUT2D eigenvalue weighted by Crippen LogP contribution is -2.11. The molecule has 0 aliphatic carbocycles. The maximum absolute atomic E-state index is 13.1. The molecule has 6 nitrogen and oxygen atoms in total. The minimum absolute atomic E-state index is 0.178. The first kappa shape index (κ1) is 13.9. The van der Waals surface area contributed by atoms with Gasteiger partial charge in [-0.25, -0.2) is 18.3 Å². The summed E-state index contributed by atoms with van der Waals surface area (Å²) in [4.78, 5) is 15.5. The number of nitrogens with two attached hydrogens (primary N) is 1. The van der Waals surface area contributed by atoms with E-state index in [2.05, 4.69) is 15.4 Å². The second-order valence-electron chi connectivity index (χ2n) is 4.63. The second-order valence-corrected chi connectivity index (χ2v) is 4.63. The third kappa shape index (κ3) is 2.71. The van der Waals surface area contributed by atoms with Crippen LogP contribution in [0, 0.1) is 11.6 Å². The average molecular weight is 303 g/mol. The molecule has 1 amide bonds. The van der Waals surface area contributed by atoms with Crippen molar-refractivity contribution in [2.45, 2.75) is 6.54 Å². The summed E-state index contributed by atoms with van der Waals surface area (Å²) < 4.78 is 27.6. The molecule has 112 valence electrons. The summed E-state index contributed by atoms with van der Waals surface area (Å²) in [5.41, 5.74) is 6.17. The zero-order valence-electron chi connectivity index (χ0n) is 11.3. The summed E-state index contributed by atoms with van der Waals surface area (Å²) in [6, 6.07) is 4.88. The number of halogens is 2. The zero-order valence-corrected chi connectivity index (χ0v) is 11.3. The summed E-state index contributed by atoms with van der Waals surface area (Å²) >= 11 is 0. The van der Waals surface area contributed by atoms with Gasteiger partial charge >= 0.3 is 0 Å². The molecule has 0 saturated heterocycles. The van der Waals surface area contributed by atoms with E-state index in [4.69, 9.17) is 5.73 Å². The molecular formula is C14H11F2N5O. The van der Waals surface area contributed by atoms with Gasteiger partial charge in [-0.05, 0) is 23.8 Å². The van der Waals surface area contributed by atoms with E-state index in [9.17, 15) is 13.6 Å². The number of hydrogen-bond acceptors (Lipinski definition) is 4.